The Morgan fingerprint density at radius 1 is 1.40 bits per heavy atom. The lowest BCUT2D eigenvalue weighted by Gasteiger charge is -2.21. The summed E-state index contributed by atoms with van der Waals surface area (Å²) in [4.78, 5) is 9.21. The van der Waals surface area contributed by atoms with Crippen LogP contribution in [0, 0.1) is 0 Å². The van der Waals surface area contributed by atoms with Gasteiger partial charge in [-0.05, 0) is 39.9 Å². The minimum Gasteiger partial charge on any atom is -0.351 e. The molecule has 2 aromatic rings. The molecule has 0 aromatic carbocycles. The fourth-order valence-electron chi connectivity index (χ4n) is 1.84. The molecule has 0 spiro atoms. The summed E-state index contributed by atoms with van der Waals surface area (Å²) >= 11 is 7.03. The number of hydrogen-bond donors (Lipinski definition) is 1. The molecule has 6 heteroatoms. The van der Waals surface area contributed by atoms with Crippen molar-refractivity contribution in [1.29, 1.82) is 0 Å². The van der Waals surface area contributed by atoms with E-state index in [9.17, 15) is 0 Å². The van der Waals surface area contributed by atoms with Gasteiger partial charge in [0.05, 0.1) is 6.54 Å². The van der Waals surface area contributed by atoms with Gasteiger partial charge in [-0.3, -0.25) is 4.99 Å². The summed E-state index contributed by atoms with van der Waals surface area (Å²) in [5.41, 5.74) is 0. The van der Waals surface area contributed by atoms with Gasteiger partial charge in [0.1, 0.15) is 0 Å². The number of guanidine groups is 1. The zero-order valence-corrected chi connectivity index (χ0v) is 14.8. The van der Waals surface area contributed by atoms with Crippen molar-refractivity contribution < 1.29 is 0 Å². The number of nitrogens with zero attached hydrogens (tertiary/aromatic N) is 2. The Hall–Kier alpha value is -0.850. The van der Waals surface area contributed by atoms with E-state index in [0.717, 1.165) is 29.9 Å². The van der Waals surface area contributed by atoms with Crippen molar-refractivity contribution in [3.63, 3.8) is 0 Å². The van der Waals surface area contributed by atoms with Crippen LogP contribution < -0.4 is 5.32 Å². The van der Waals surface area contributed by atoms with Gasteiger partial charge in [0.25, 0.3) is 0 Å². The van der Waals surface area contributed by atoms with E-state index in [0.29, 0.717) is 0 Å². The van der Waals surface area contributed by atoms with Crippen LogP contribution in [0.1, 0.15) is 9.75 Å². The van der Waals surface area contributed by atoms with Crippen LogP contribution in [0.4, 0.5) is 0 Å². The van der Waals surface area contributed by atoms with Crippen molar-refractivity contribution >= 4 is 44.6 Å². The van der Waals surface area contributed by atoms with E-state index in [4.69, 9.17) is 0 Å². The predicted molar refractivity (Wildman–Crippen MR) is 92.9 cm³/mol. The standard InChI is InChI=1S/C14H18BrN3S2/c1-16-14(17-9-13-8-11(15)10-20-13)18(2)6-5-12-4-3-7-19-12/h3-4,7-8,10H,5-6,9H2,1-2H3,(H,16,17). The lowest BCUT2D eigenvalue weighted by molar-refractivity contribution is 0.487. The minimum atomic E-state index is 0.812. The van der Waals surface area contributed by atoms with E-state index >= 15 is 0 Å². The Kier molecular flexibility index (Phi) is 6.06. The molecule has 108 valence electrons. The van der Waals surface area contributed by atoms with Crippen molar-refractivity contribution in [2.24, 2.45) is 4.99 Å². The lowest BCUT2D eigenvalue weighted by Crippen LogP contribution is -2.39. The van der Waals surface area contributed by atoms with Gasteiger partial charge in [-0.1, -0.05) is 6.07 Å². The van der Waals surface area contributed by atoms with E-state index in [2.05, 4.69) is 67.1 Å². The molecule has 3 nitrogen and oxygen atoms in total. The van der Waals surface area contributed by atoms with Gasteiger partial charge in [0, 0.05) is 40.2 Å². The third kappa shape index (κ3) is 4.61. The van der Waals surface area contributed by atoms with Gasteiger partial charge >= 0.3 is 0 Å². The number of rotatable bonds is 5. The fourth-order valence-corrected chi connectivity index (χ4v) is 3.92. The molecule has 0 saturated heterocycles. The van der Waals surface area contributed by atoms with E-state index < -0.39 is 0 Å². The normalized spacial score (nSPS) is 11.7. The highest BCUT2D eigenvalue weighted by Crippen LogP contribution is 2.19. The van der Waals surface area contributed by atoms with Crippen LogP contribution >= 0.6 is 38.6 Å². The van der Waals surface area contributed by atoms with Gasteiger partial charge < -0.3 is 10.2 Å². The van der Waals surface area contributed by atoms with Crippen molar-refractivity contribution in [2.45, 2.75) is 13.0 Å². The van der Waals surface area contributed by atoms with Crippen molar-refractivity contribution in [1.82, 2.24) is 10.2 Å². The van der Waals surface area contributed by atoms with Crippen LogP contribution in [-0.2, 0) is 13.0 Å². The molecule has 1 N–H and O–H groups in total. The first-order valence-corrected chi connectivity index (χ1v) is 8.91. The molecule has 0 amide bonds. The highest BCUT2D eigenvalue weighted by Gasteiger charge is 2.07. The Morgan fingerprint density at radius 2 is 2.25 bits per heavy atom. The van der Waals surface area contributed by atoms with Crippen LogP contribution in [-0.4, -0.2) is 31.5 Å². The Morgan fingerprint density at radius 3 is 2.85 bits per heavy atom. The van der Waals surface area contributed by atoms with Crippen LogP contribution in [0.5, 0.6) is 0 Å². The molecule has 2 rings (SSSR count). The molecule has 0 saturated carbocycles. The zero-order chi connectivity index (χ0) is 14.4. The second kappa shape index (κ2) is 7.81. The topological polar surface area (TPSA) is 27.6 Å². The maximum Gasteiger partial charge on any atom is 0.193 e. The number of nitrogens with one attached hydrogen (secondary N) is 1. The Balaban J connectivity index is 1.81. The Labute approximate surface area is 136 Å². The highest BCUT2D eigenvalue weighted by atomic mass is 79.9. The van der Waals surface area contributed by atoms with E-state index in [1.165, 1.54) is 9.75 Å². The molecule has 20 heavy (non-hydrogen) atoms. The van der Waals surface area contributed by atoms with E-state index in [1.807, 2.05) is 7.05 Å². The number of likely N-dealkylation sites (N-methyl/N-ethyl adjacent to an activating group) is 1. The zero-order valence-electron chi connectivity index (χ0n) is 11.6. The van der Waals surface area contributed by atoms with Gasteiger partial charge in [-0.15, -0.1) is 22.7 Å². The molecule has 2 heterocycles. The number of aliphatic imine (C=N–C) groups is 1. The number of hydrogen-bond acceptors (Lipinski definition) is 3. The summed E-state index contributed by atoms with van der Waals surface area (Å²) in [6.07, 6.45) is 1.05. The van der Waals surface area contributed by atoms with Gasteiger partial charge in [-0.2, -0.15) is 0 Å². The van der Waals surface area contributed by atoms with Crippen LogP contribution in [0.25, 0.3) is 0 Å². The summed E-state index contributed by atoms with van der Waals surface area (Å²) in [5.74, 6) is 0.936. The quantitative estimate of drug-likeness (QED) is 0.638. The van der Waals surface area contributed by atoms with Crippen molar-refractivity contribution in [2.75, 3.05) is 20.6 Å². The molecular weight excluding hydrogens is 354 g/mol. The van der Waals surface area contributed by atoms with Crippen LogP contribution in [0.15, 0.2) is 38.4 Å². The second-order valence-corrected chi connectivity index (χ2v) is 7.33. The smallest absolute Gasteiger partial charge is 0.193 e. The first kappa shape index (κ1) is 15.5. The summed E-state index contributed by atoms with van der Waals surface area (Å²) in [7, 11) is 3.90. The third-order valence-corrected chi connectivity index (χ3v) is 5.52. The van der Waals surface area contributed by atoms with Gasteiger partial charge in [-0.25, -0.2) is 0 Å². The van der Waals surface area contributed by atoms with Gasteiger partial charge in [0.2, 0.25) is 0 Å². The molecule has 0 radical (unpaired) electrons. The van der Waals surface area contributed by atoms with E-state index in [1.54, 1.807) is 22.7 Å². The molecule has 0 aliphatic carbocycles. The highest BCUT2D eigenvalue weighted by molar-refractivity contribution is 9.10. The molecule has 0 bridgehead atoms. The van der Waals surface area contributed by atoms with Crippen molar-refractivity contribution in [3.8, 4) is 0 Å². The van der Waals surface area contributed by atoms with Crippen molar-refractivity contribution in [3.05, 3.63) is 43.2 Å². The number of thiophene rings is 2. The lowest BCUT2D eigenvalue weighted by atomic mass is 10.3. The molecule has 0 atom stereocenters. The molecule has 0 aliphatic heterocycles. The monoisotopic (exact) mass is 371 g/mol. The summed E-state index contributed by atoms with van der Waals surface area (Å²) in [6, 6.07) is 6.41. The average molecular weight is 372 g/mol. The first-order chi connectivity index (χ1) is 9.69. The fraction of sp³-hybridized carbons (Fsp3) is 0.357. The molecule has 0 unspecified atom stereocenters. The SMILES string of the molecule is CN=C(NCc1cc(Br)cs1)N(C)CCc1cccs1. The van der Waals surface area contributed by atoms with Crippen LogP contribution in [0.3, 0.4) is 0 Å². The van der Waals surface area contributed by atoms with Crippen LogP contribution in [0.2, 0.25) is 0 Å². The van der Waals surface area contributed by atoms with Gasteiger partial charge in [0.15, 0.2) is 5.96 Å². The predicted octanol–water partition coefficient (Wildman–Crippen LogP) is 3.82. The molecule has 0 fully saturated rings. The summed E-state index contributed by atoms with van der Waals surface area (Å²) in [6.45, 7) is 1.78. The average Bonchev–Trinajstić information content (AvgIpc) is 3.08. The first-order valence-electron chi connectivity index (χ1n) is 6.36. The van der Waals surface area contributed by atoms with E-state index in [-0.39, 0.29) is 0 Å². The third-order valence-electron chi connectivity index (χ3n) is 2.89. The summed E-state index contributed by atoms with van der Waals surface area (Å²) < 4.78 is 1.14. The largest absolute Gasteiger partial charge is 0.351 e. The second-order valence-electron chi connectivity index (χ2n) is 4.38. The number of halogens is 1. The molecule has 2 aromatic heterocycles. The Bertz CT molecular complexity index is 549. The maximum absolute atomic E-state index is 4.34. The minimum absolute atomic E-state index is 0.812. The maximum atomic E-state index is 4.34. The summed E-state index contributed by atoms with van der Waals surface area (Å²) in [5, 5.41) is 7.62. The molecule has 0 aliphatic rings. The molecular formula is C14H18BrN3S2.